The van der Waals surface area contributed by atoms with Crippen molar-refractivity contribution in [3.8, 4) is 5.88 Å². The van der Waals surface area contributed by atoms with Crippen LogP contribution in [0.1, 0.15) is 29.4 Å². The smallest absolute Gasteiger partial charge is 0.311 e. The Hall–Kier alpha value is -2.52. The number of ether oxygens (including phenoxy) is 3. The van der Waals surface area contributed by atoms with Crippen LogP contribution in [0.4, 0.5) is 5.13 Å². The van der Waals surface area contributed by atoms with Crippen molar-refractivity contribution < 1.29 is 23.8 Å². The van der Waals surface area contributed by atoms with Gasteiger partial charge in [0, 0.05) is 29.6 Å². The minimum atomic E-state index is -0.345. The molecule has 26 heavy (non-hydrogen) atoms. The quantitative estimate of drug-likeness (QED) is 0.737. The number of carbonyl (C=O) groups excluding carboxylic acids is 2. The molecule has 2 aromatic rings. The Labute approximate surface area is 154 Å². The summed E-state index contributed by atoms with van der Waals surface area (Å²) in [5.41, 5.74) is 0.972. The van der Waals surface area contributed by atoms with E-state index in [0.717, 1.165) is 6.42 Å². The molecular formula is C17H19N3O5S. The van der Waals surface area contributed by atoms with Crippen LogP contribution in [0.15, 0.2) is 23.7 Å². The minimum absolute atomic E-state index is 0.0368. The van der Waals surface area contributed by atoms with Gasteiger partial charge in [0.2, 0.25) is 5.88 Å². The van der Waals surface area contributed by atoms with Gasteiger partial charge in [0.15, 0.2) is 5.13 Å². The number of nitrogens with one attached hydrogen (secondary N) is 1. The van der Waals surface area contributed by atoms with Crippen LogP contribution in [0.2, 0.25) is 0 Å². The molecule has 0 saturated carbocycles. The van der Waals surface area contributed by atoms with Gasteiger partial charge in [0.05, 0.1) is 31.9 Å². The van der Waals surface area contributed by atoms with Gasteiger partial charge in [0.25, 0.3) is 5.91 Å². The van der Waals surface area contributed by atoms with E-state index in [2.05, 4.69) is 15.3 Å². The Kier molecular flexibility index (Phi) is 6.13. The van der Waals surface area contributed by atoms with E-state index in [1.807, 2.05) is 0 Å². The second kappa shape index (κ2) is 8.72. The third-order valence-electron chi connectivity index (χ3n) is 3.58. The van der Waals surface area contributed by atoms with Crippen LogP contribution in [-0.2, 0) is 20.7 Å². The Morgan fingerprint density at radius 3 is 3.12 bits per heavy atom. The highest BCUT2D eigenvalue weighted by Gasteiger charge is 2.18. The highest BCUT2D eigenvalue weighted by molar-refractivity contribution is 7.14. The first-order valence-corrected chi connectivity index (χ1v) is 9.14. The molecule has 1 fully saturated rings. The maximum absolute atomic E-state index is 12.4. The maximum Gasteiger partial charge on any atom is 0.311 e. The van der Waals surface area contributed by atoms with E-state index in [9.17, 15) is 9.59 Å². The normalized spacial score (nSPS) is 16.3. The fraction of sp³-hybridized carbons (Fsp3) is 0.412. The van der Waals surface area contributed by atoms with E-state index >= 15 is 0 Å². The summed E-state index contributed by atoms with van der Waals surface area (Å²) in [5.74, 6) is -0.283. The largest absolute Gasteiger partial charge is 0.472 e. The minimum Gasteiger partial charge on any atom is -0.472 e. The van der Waals surface area contributed by atoms with E-state index < -0.39 is 0 Å². The molecule has 0 bridgehead atoms. The number of rotatable bonds is 7. The number of thiazole rings is 1. The Morgan fingerprint density at radius 2 is 2.35 bits per heavy atom. The van der Waals surface area contributed by atoms with Crippen molar-refractivity contribution in [1.29, 1.82) is 0 Å². The van der Waals surface area contributed by atoms with E-state index in [1.165, 1.54) is 17.5 Å². The van der Waals surface area contributed by atoms with Crippen LogP contribution < -0.4 is 10.1 Å². The number of pyridine rings is 1. The first kappa shape index (κ1) is 18.3. The number of anilines is 1. The van der Waals surface area contributed by atoms with Gasteiger partial charge < -0.3 is 14.2 Å². The Balaban J connectivity index is 1.59. The molecule has 0 spiro atoms. The highest BCUT2D eigenvalue weighted by atomic mass is 32.1. The van der Waals surface area contributed by atoms with Crippen LogP contribution in [0.3, 0.4) is 0 Å². The summed E-state index contributed by atoms with van der Waals surface area (Å²) < 4.78 is 15.8. The lowest BCUT2D eigenvalue weighted by atomic mass is 10.2. The van der Waals surface area contributed by atoms with Crippen molar-refractivity contribution >= 4 is 28.3 Å². The second-order valence-corrected chi connectivity index (χ2v) is 6.42. The van der Waals surface area contributed by atoms with Gasteiger partial charge in [-0.15, -0.1) is 11.3 Å². The van der Waals surface area contributed by atoms with Gasteiger partial charge in [-0.2, -0.15) is 0 Å². The SMILES string of the molecule is CCOC(=O)Cc1csc(NC(=O)c2ccnc(OC3CCOC3)c2)n1. The first-order valence-electron chi connectivity index (χ1n) is 8.26. The topological polar surface area (TPSA) is 99.6 Å². The molecule has 9 heteroatoms. The summed E-state index contributed by atoms with van der Waals surface area (Å²) >= 11 is 1.25. The van der Waals surface area contributed by atoms with E-state index in [1.54, 1.807) is 24.4 Å². The predicted molar refractivity (Wildman–Crippen MR) is 94.5 cm³/mol. The fourth-order valence-electron chi connectivity index (χ4n) is 2.37. The van der Waals surface area contributed by atoms with Gasteiger partial charge in [-0.3, -0.25) is 14.9 Å². The molecule has 2 aromatic heterocycles. The zero-order valence-corrected chi connectivity index (χ0v) is 15.1. The molecule has 0 aromatic carbocycles. The molecule has 3 rings (SSSR count). The number of aromatic nitrogens is 2. The number of carbonyl (C=O) groups is 2. The number of hydrogen-bond acceptors (Lipinski definition) is 8. The molecule has 3 heterocycles. The van der Waals surface area contributed by atoms with Gasteiger partial charge in [-0.25, -0.2) is 9.97 Å². The lowest BCUT2D eigenvalue weighted by molar-refractivity contribution is -0.142. The summed E-state index contributed by atoms with van der Waals surface area (Å²) in [4.78, 5) is 32.2. The fourth-order valence-corrected chi connectivity index (χ4v) is 3.07. The summed E-state index contributed by atoms with van der Waals surface area (Å²) in [5, 5.41) is 4.84. The summed E-state index contributed by atoms with van der Waals surface area (Å²) in [6.45, 7) is 3.27. The van der Waals surface area contributed by atoms with Crippen molar-refractivity contribution in [3.05, 3.63) is 35.0 Å². The van der Waals surface area contributed by atoms with E-state index in [4.69, 9.17) is 14.2 Å². The molecule has 1 aliphatic rings. The van der Waals surface area contributed by atoms with Crippen molar-refractivity contribution in [1.82, 2.24) is 9.97 Å². The number of amides is 1. The summed E-state index contributed by atoms with van der Waals surface area (Å²) in [7, 11) is 0. The van der Waals surface area contributed by atoms with Crippen LogP contribution in [0.5, 0.6) is 5.88 Å². The van der Waals surface area contributed by atoms with Crippen molar-refractivity contribution in [2.24, 2.45) is 0 Å². The predicted octanol–water partition coefficient (Wildman–Crippen LogP) is 2.06. The van der Waals surface area contributed by atoms with Gasteiger partial charge >= 0.3 is 5.97 Å². The first-order chi connectivity index (χ1) is 12.6. The Bertz CT molecular complexity index is 773. The standard InChI is InChI=1S/C17H19N3O5S/c1-2-24-15(21)8-12-10-26-17(19-12)20-16(22)11-3-5-18-14(7-11)25-13-4-6-23-9-13/h3,5,7,10,13H,2,4,6,8-9H2,1H3,(H,19,20,22). The van der Waals surface area contributed by atoms with Gasteiger partial charge in [-0.05, 0) is 13.0 Å². The van der Waals surface area contributed by atoms with E-state index in [0.29, 0.717) is 42.1 Å². The third kappa shape index (κ3) is 4.99. The summed E-state index contributed by atoms with van der Waals surface area (Å²) in [6.07, 6.45) is 2.37. The molecule has 0 radical (unpaired) electrons. The molecule has 138 valence electrons. The number of esters is 1. The van der Waals surface area contributed by atoms with Crippen LogP contribution in [0, 0.1) is 0 Å². The van der Waals surface area contributed by atoms with Crippen molar-refractivity contribution in [2.75, 3.05) is 25.1 Å². The average molecular weight is 377 g/mol. The number of hydrogen-bond donors (Lipinski definition) is 1. The van der Waals surface area contributed by atoms with Crippen molar-refractivity contribution in [3.63, 3.8) is 0 Å². The summed E-state index contributed by atoms with van der Waals surface area (Å²) in [6, 6.07) is 3.18. The molecule has 1 amide bonds. The van der Waals surface area contributed by atoms with Crippen LogP contribution in [-0.4, -0.2) is 47.8 Å². The molecular weight excluding hydrogens is 358 g/mol. The highest BCUT2D eigenvalue weighted by Crippen LogP contribution is 2.19. The molecule has 1 aliphatic heterocycles. The van der Waals surface area contributed by atoms with Crippen molar-refractivity contribution in [2.45, 2.75) is 25.9 Å². The van der Waals surface area contributed by atoms with Crippen LogP contribution in [0.25, 0.3) is 0 Å². The van der Waals surface area contributed by atoms with E-state index in [-0.39, 0.29) is 24.4 Å². The second-order valence-electron chi connectivity index (χ2n) is 5.57. The number of nitrogens with zero attached hydrogens (tertiary/aromatic N) is 2. The average Bonchev–Trinajstić information content (AvgIpc) is 3.27. The molecule has 1 unspecified atom stereocenters. The maximum atomic E-state index is 12.4. The lowest BCUT2D eigenvalue weighted by Gasteiger charge is -2.11. The monoisotopic (exact) mass is 377 g/mol. The zero-order valence-electron chi connectivity index (χ0n) is 14.3. The molecule has 1 saturated heterocycles. The lowest BCUT2D eigenvalue weighted by Crippen LogP contribution is -2.17. The van der Waals surface area contributed by atoms with Gasteiger partial charge in [-0.1, -0.05) is 0 Å². The Morgan fingerprint density at radius 1 is 1.46 bits per heavy atom. The van der Waals surface area contributed by atoms with Crippen LogP contribution >= 0.6 is 11.3 Å². The van der Waals surface area contributed by atoms with Gasteiger partial charge in [0.1, 0.15) is 6.10 Å². The molecule has 0 aliphatic carbocycles. The zero-order chi connectivity index (χ0) is 18.4. The molecule has 1 N–H and O–H groups in total. The molecule has 1 atom stereocenters. The third-order valence-corrected chi connectivity index (χ3v) is 4.38. The molecule has 8 nitrogen and oxygen atoms in total.